The second-order valence-corrected chi connectivity index (χ2v) is 6.25. The van der Waals surface area contributed by atoms with Crippen LogP contribution in [-0.2, 0) is 20.1 Å². The number of hydrogen-bond donors (Lipinski definition) is 0. The predicted octanol–water partition coefficient (Wildman–Crippen LogP) is 3.21. The molecule has 7 heteroatoms. The molecule has 2 heterocycles. The zero-order valence-electron chi connectivity index (χ0n) is 13.9. The van der Waals surface area contributed by atoms with E-state index in [1.165, 1.54) is 11.8 Å². The summed E-state index contributed by atoms with van der Waals surface area (Å²) in [6, 6.07) is 11.7. The van der Waals surface area contributed by atoms with Crippen LogP contribution >= 0.6 is 11.8 Å². The van der Waals surface area contributed by atoms with E-state index in [4.69, 9.17) is 4.74 Å². The Balaban J connectivity index is 1.72. The molecule has 6 nitrogen and oxygen atoms in total. The summed E-state index contributed by atoms with van der Waals surface area (Å²) in [7, 11) is 1.93. The smallest absolute Gasteiger partial charge is 0.197 e. The van der Waals surface area contributed by atoms with Crippen molar-refractivity contribution in [3.8, 4) is 5.75 Å². The van der Waals surface area contributed by atoms with E-state index in [0.29, 0.717) is 6.61 Å². The summed E-state index contributed by atoms with van der Waals surface area (Å²) in [5.41, 5.74) is 1.03. The largest absolute Gasteiger partial charge is 0.486 e. The molecular formula is C17H19N5OS. The number of benzene rings is 1. The van der Waals surface area contributed by atoms with E-state index in [1.54, 1.807) is 0 Å². The van der Waals surface area contributed by atoms with E-state index in [1.807, 2.05) is 54.9 Å². The van der Waals surface area contributed by atoms with E-state index in [-0.39, 0.29) is 0 Å². The maximum absolute atomic E-state index is 5.73. The third-order valence-electron chi connectivity index (χ3n) is 3.46. The topological polar surface area (TPSA) is 65.7 Å². The van der Waals surface area contributed by atoms with Gasteiger partial charge in [0.2, 0.25) is 0 Å². The summed E-state index contributed by atoms with van der Waals surface area (Å²) < 4.78 is 7.66. The van der Waals surface area contributed by atoms with Gasteiger partial charge in [0.1, 0.15) is 23.2 Å². The fourth-order valence-electron chi connectivity index (χ4n) is 2.15. The van der Waals surface area contributed by atoms with Crippen molar-refractivity contribution in [2.24, 2.45) is 7.05 Å². The fraction of sp³-hybridized carbons (Fsp3) is 0.294. The van der Waals surface area contributed by atoms with Gasteiger partial charge < -0.3 is 9.30 Å². The van der Waals surface area contributed by atoms with Crippen molar-refractivity contribution in [2.45, 2.75) is 37.1 Å². The first kappa shape index (κ1) is 16.4. The van der Waals surface area contributed by atoms with Gasteiger partial charge in [0, 0.05) is 12.7 Å². The van der Waals surface area contributed by atoms with Gasteiger partial charge in [-0.05, 0) is 43.3 Å². The Bertz CT molecular complexity index is 819. The molecule has 0 N–H and O–H groups in total. The number of aromatic nitrogens is 5. The van der Waals surface area contributed by atoms with Gasteiger partial charge in [-0.15, -0.1) is 10.2 Å². The van der Waals surface area contributed by atoms with Crippen LogP contribution in [0.2, 0.25) is 0 Å². The number of para-hydroxylation sites is 1. The average molecular weight is 341 g/mol. The first-order chi connectivity index (χ1) is 11.7. The summed E-state index contributed by atoms with van der Waals surface area (Å²) in [5, 5.41) is 10.1. The molecule has 0 fully saturated rings. The Kier molecular flexibility index (Phi) is 5.10. The van der Waals surface area contributed by atoms with Gasteiger partial charge in [0.25, 0.3) is 0 Å². The highest BCUT2D eigenvalue weighted by atomic mass is 32.2. The van der Waals surface area contributed by atoms with Gasteiger partial charge in [-0.2, -0.15) is 0 Å². The van der Waals surface area contributed by atoms with Crippen LogP contribution in [-0.4, -0.2) is 24.7 Å². The van der Waals surface area contributed by atoms with Gasteiger partial charge in [0.15, 0.2) is 11.0 Å². The molecule has 0 amide bonds. The summed E-state index contributed by atoms with van der Waals surface area (Å²) >= 11 is 1.48. The summed E-state index contributed by atoms with van der Waals surface area (Å²) in [6.45, 7) is 4.35. The van der Waals surface area contributed by atoms with Crippen LogP contribution in [0, 0.1) is 6.92 Å². The van der Waals surface area contributed by atoms with Gasteiger partial charge >= 0.3 is 0 Å². The number of aryl methyl sites for hydroxylation is 2. The monoisotopic (exact) mass is 341 g/mol. The normalized spacial score (nSPS) is 10.8. The Morgan fingerprint density at radius 1 is 1.12 bits per heavy atom. The highest BCUT2D eigenvalue weighted by molar-refractivity contribution is 7.99. The molecule has 124 valence electrons. The Morgan fingerprint density at radius 2 is 1.92 bits per heavy atom. The first-order valence-electron chi connectivity index (χ1n) is 7.74. The lowest BCUT2D eigenvalue weighted by Gasteiger charge is -2.07. The molecule has 24 heavy (non-hydrogen) atoms. The van der Waals surface area contributed by atoms with E-state index in [2.05, 4.69) is 27.1 Å². The molecule has 3 aromatic rings. The van der Waals surface area contributed by atoms with Crippen molar-refractivity contribution in [3.63, 3.8) is 0 Å². The molecule has 2 aromatic heterocycles. The van der Waals surface area contributed by atoms with Crippen molar-refractivity contribution in [2.75, 3.05) is 0 Å². The van der Waals surface area contributed by atoms with E-state index >= 15 is 0 Å². The minimum Gasteiger partial charge on any atom is -0.486 e. The number of rotatable bonds is 6. The van der Waals surface area contributed by atoms with E-state index < -0.39 is 0 Å². The molecule has 0 aliphatic carbocycles. The minimum absolute atomic E-state index is 0.372. The standard InChI is InChI=1S/C17H19N5OS/c1-4-13-10-16(19-12(2)18-13)24-17-21-20-15(22(17)3)11-23-14-8-6-5-7-9-14/h5-10H,4,11H2,1-3H3. The van der Waals surface area contributed by atoms with Gasteiger partial charge in [-0.25, -0.2) is 9.97 Å². The van der Waals surface area contributed by atoms with Crippen LogP contribution in [0.15, 0.2) is 46.6 Å². The lowest BCUT2D eigenvalue weighted by atomic mass is 10.3. The zero-order valence-corrected chi connectivity index (χ0v) is 14.7. The molecule has 0 saturated heterocycles. The van der Waals surface area contributed by atoms with Gasteiger partial charge in [0.05, 0.1) is 0 Å². The van der Waals surface area contributed by atoms with Crippen LogP contribution in [0.25, 0.3) is 0 Å². The van der Waals surface area contributed by atoms with Crippen LogP contribution in [0.5, 0.6) is 5.75 Å². The number of hydrogen-bond acceptors (Lipinski definition) is 6. The average Bonchev–Trinajstić information content (AvgIpc) is 2.93. The van der Waals surface area contributed by atoms with Crippen LogP contribution in [0.3, 0.4) is 0 Å². The van der Waals surface area contributed by atoms with Crippen LogP contribution < -0.4 is 4.74 Å². The Hall–Kier alpha value is -2.41. The van der Waals surface area contributed by atoms with Crippen molar-refractivity contribution >= 4 is 11.8 Å². The third kappa shape index (κ3) is 3.91. The van der Waals surface area contributed by atoms with Crippen LogP contribution in [0.1, 0.15) is 24.3 Å². The lowest BCUT2D eigenvalue weighted by Crippen LogP contribution is -2.04. The second kappa shape index (κ2) is 7.44. The number of ether oxygens (including phenoxy) is 1. The van der Waals surface area contributed by atoms with E-state index in [0.717, 1.165) is 39.7 Å². The van der Waals surface area contributed by atoms with Crippen molar-refractivity contribution in [1.29, 1.82) is 0 Å². The molecule has 0 unspecified atom stereocenters. The van der Waals surface area contributed by atoms with Crippen molar-refractivity contribution in [3.05, 3.63) is 53.7 Å². The molecule has 3 rings (SSSR count). The minimum atomic E-state index is 0.372. The van der Waals surface area contributed by atoms with Crippen LogP contribution in [0.4, 0.5) is 0 Å². The van der Waals surface area contributed by atoms with Crippen molar-refractivity contribution in [1.82, 2.24) is 24.7 Å². The van der Waals surface area contributed by atoms with Gasteiger partial charge in [-0.1, -0.05) is 25.1 Å². The van der Waals surface area contributed by atoms with Gasteiger partial charge in [-0.3, -0.25) is 0 Å². The number of nitrogens with zero attached hydrogens (tertiary/aromatic N) is 5. The molecule has 0 spiro atoms. The molecule has 0 aliphatic heterocycles. The quantitative estimate of drug-likeness (QED) is 0.642. The highest BCUT2D eigenvalue weighted by Gasteiger charge is 2.12. The van der Waals surface area contributed by atoms with E-state index in [9.17, 15) is 0 Å². The predicted molar refractivity (Wildman–Crippen MR) is 92.0 cm³/mol. The highest BCUT2D eigenvalue weighted by Crippen LogP contribution is 2.25. The second-order valence-electron chi connectivity index (χ2n) is 5.26. The molecule has 0 saturated carbocycles. The SMILES string of the molecule is CCc1cc(Sc2nnc(COc3ccccc3)n2C)nc(C)n1. The van der Waals surface area contributed by atoms with Crippen molar-refractivity contribution < 1.29 is 4.74 Å². The first-order valence-corrected chi connectivity index (χ1v) is 8.56. The molecule has 0 radical (unpaired) electrons. The molecule has 0 atom stereocenters. The third-order valence-corrected chi connectivity index (χ3v) is 4.42. The summed E-state index contributed by atoms with van der Waals surface area (Å²) in [5.74, 6) is 2.35. The Morgan fingerprint density at radius 3 is 2.67 bits per heavy atom. The lowest BCUT2D eigenvalue weighted by molar-refractivity contribution is 0.290. The maximum atomic E-state index is 5.73. The molecular weight excluding hydrogens is 322 g/mol. The summed E-state index contributed by atoms with van der Waals surface area (Å²) in [6.07, 6.45) is 0.881. The maximum Gasteiger partial charge on any atom is 0.197 e. The fourth-order valence-corrected chi connectivity index (χ4v) is 3.03. The zero-order chi connectivity index (χ0) is 16.9. The molecule has 1 aromatic carbocycles. The molecule has 0 aliphatic rings. The molecule has 0 bridgehead atoms. The Labute approximate surface area is 145 Å². The summed E-state index contributed by atoms with van der Waals surface area (Å²) in [4.78, 5) is 8.86.